The second-order valence-electron chi connectivity index (χ2n) is 11.1. The third-order valence-electron chi connectivity index (χ3n) is 7.69. The molecule has 2 aromatic heterocycles. The fourth-order valence-electron chi connectivity index (χ4n) is 5.23. The number of imidazole rings is 1. The summed E-state index contributed by atoms with van der Waals surface area (Å²) in [5.74, 6) is -2.75. The Balaban J connectivity index is 1.66. The molecule has 0 radical (unpaired) electrons. The summed E-state index contributed by atoms with van der Waals surface area (Å²) in [5, 5.41) is 28.9. The van der Waals surface area contributed by atoms with Crippen molar-refractivity contribution in [2.24, 2.45) is 5.41 Å². The van der Waals surface area contributed by atoms with Gasteiger partial charge in [-0.3, -0.25) is 10.1 Å². The maximum absolute atomic E-state index is 14.7. The monoisotopic (exact) mass is 621 g/mol. The van der Waals surface area contributed by atoms with Gasteiger partial charge in [0.05, 0.1) is 23.4 Å². The number of methoxy groups -OCH3 is 1. The molecule has 228 valence electrons. The summed E-state index contributed by atoms with van der Waals surface area (Å²) >= 11 is 5.94. The third-order valence-corrected chi connectivity index (χ3v) is 7.99. The number of H-pyrrole nitrogens is 1. The number of pyridine rings is 1. The van der Waals surface area contributed by atoms with Crippen LogP contribution in [0.3, 0.4) is 0 Å². The normalized spacial score (nSPS) is 16.1. The number of nitrogens with zero attached hydrogens (tertiary/aromatic N) is 2. The Kier molecular flexibility index (Phi) is 8.29. The smallest absolute Gasteiger partial charge is 0.411 e. The summed E-state index contributed by atoms with van der Waals surface area (Å²) in [7, 11) is 1.21. The molecule has 5 rings (SSSR count). The molecular formula is C31H29ClFN5O6. The highest BCUT2D eigenvalue weighted by Crippen LogP contribution is 2.38. The van der Waals surface area contributed by atoms with Crippen LogP contribution in [0.15, 0.2) is 54.7 Å². The molecule has 0 unspecified atom stereocenters. The molecule has 0 aliphatic carbocycles. The minimum atomic E-state index is -1.30. The maximum atomic E-state index is 14.7. The van der Waals surface area contributed by atoms with Crippen molar-refractivity contribution in [2.45, 2.75) is 39.0 Å². The number of nitrogens with one attached hydrogen (secondary N) is 3. The zero-order valence-electron chi connectivity index (χ0n) is 24.0. The first-order chi connectivity index (χ1) is 20.9. The number of anilines is 2. The van der Waals surface area contributed by atoms with Gasteiger partial charge < -0.3 is 25.4 Å². The van der Waals surface area contributed by atoms with E-state index in [-0.39, 0.29) is 50.7 Å². The lowest BCUT2D eigenvalue weighted by molar-refractivity contribution is -0.614. The van der Waals surface area contributed by atoms with E-state index < -0.39 is 29.2 Å². The largest absolute Gasteiger partial charge is 0.618 e. The molecule has 0 saturated heterocycles. The minimum absolute atomic E-state index is 0.0332. The van der Waals surface area contributed by atoms with Gasteiger partial charge in [-0.15, -0.1) is 0 Å². The molecule has 1 aliphatic heterocycles. The molecule has 0 fully saturated rings. The first-order valence-corrected chi connectivity index (χ1v) is 14.1. The topological polar surface area (TPSA) is 160 Å². The van der Waals surface area contributed by atoms with Crippen LogP contribution in [0, 0.1) is 16.4 Å². The van der Waals surface area contributed by atoms with Crippen molar-refractivity contribution in [3.8, 4) is 22.4 Å². The highest BCUT2D eigenvalue weighted by Gasteiger charge is 2.34. The number of hydrogen-bond acceptors (Lipinski definition) is 6. The predicted octanol–water partition coefficient (Wildman–Crippen LogP) is 6.33. The van der Waals surface area contributed by atoms with Gasteiger partial charge in [0.2, 0.25) is 11.6 Å². The minimum Gasteiger partial charge on any atom is -0.618 e. The second kappa shape index (κ2) is 12.0. The molecule has 2 aromatic carbocycles. The van der Waals surface area contributed by atoms with Crippen LogP contribution < -0.4 is 15.4 Å². The van der Waals surface area contributed by atoms with Crippen molar-refractivity contribution in [1.29, 1.82) is 0 Å². The summed E-state index contributed by atoms with van der Waals surface area (Å²) in [5.41, 5.74) is 0.464. The molecule has 4 aromatic rings. The highest BCUT2D eigenvalue weighted by atomic mass is 35.5. The maximum Gasteiger partial charge on any atom is 0.411 e. The number of fused-ring (bicyclic) bond motifs is 4. The van der Waals surface area contributed by atoms with E-state index >= 15 is 0 Å². The Bertz CT molecular complexity index is 1790. The first kappa shape index (κ1) is 30.5. The van der Waals surface area contributed by atoms with Crippen LogP contribution in [-0.4, -0.2) is 40.2 Å². The van der Waals surface area contributed by atoms with Gasteiger partial charge in [-0.25, -0.2) is 19.0 Å². The molecule has 1 aliphatic rings. The number of hydrogen-bond donors (Lipinski definition) is 4. The summed E-state index contributed by atoms with van der Waals surface area (Å²) in [6.45, 7) is 3.57. The van der Waals surface area contributed by atoms with Crippen LogP contribution in [0.2, 0.25) is 5.02 Å². The summed E-state index contributed by atoms with van der Waals surface area (Å²) in [4.78, 5) is 45.2. The van der Waals surface area contributed by atoms with Crippen molar-refractivity contribution >= 4 is 40.9 Å². The van der Waals surface area contributed by atoms with Crippen LogP contribution in [0.1, 0.15) is 61.0 Å². The summed E-state index contributed by atoms with van der Waals surface area (Å²) in [6, 6.07) is 12.2. The van der Waals surface area contributed by atoms with Gasteiger partial charge >= 0.3 is 12.1 Å². The van der Waals surface area contributed by atoms with E-state index in [1.807, 2.05) is 0 Å². The Morgan fingerprint density at radius 3 is 2.68 bits per heavy atom. The predicted molar refractivity (Wildman–Crippen MR) is 161 cm³/mol. The average molecular weight is 622 g/mol. The summed E-state index contributed by atoms with van der Waals surface area (Å²) < 4.78 is 20.0. The molecule has 0 saturated carbocycles. The van der Waals surface area contributed by atoms with E-state index in [1.165, 1.54) is 43.6 Å². The van der Waals surface area contributed by atoms with Crippen molar-refractivity contribution in [1.82, 2.24) is 9.97 Å². The standard InChI is InChI=1S/C31H29ClFN5O6/c1-31(2)13-5-7-20(23-12-9-16(15-38(23)43)18-6-4-8-21(32)24(18)33)27-36-25(26(37-27)28(39)40)19-11-10-17(34-30(42)44-3)14-22(19)35-29(31)41/h4,6,8-12,14-15,20H,5,7,13H2,1-3H3,(H,34,42)(H,35,41)(H,36,37)(H,39,40)/t20-/m1/s1. The van der Waals surface area contributed by atoms with Crippen LogP contribution in [0.4, 0.5) is 20.6 Å². The lowest BCUT2D eigenvalue weighted by Gasteiger charge is -2.25. The van der Waals surface area contributed by atoms with E-state index in [0.717, 1.165) is 0 Å². The number of halogens is 2. The second-order valence-corrected chi connectivity index (χ2v) is 11.5. The molecule has 1 atom stereocenters. The molecule has 3 heterocycles. The number of carboxylic acid groups (broad SMARTS) is 1. The molecule has 4 N–H and O–H groups in total. The van der Waals surface area contributed by atoms with Gasteiger partial charge in [0, 0.05) is 28.3 Å². The number of aromatic nitrogens is 3. The van der Waals surface area contributed by atoms with E-state index in [1.54, 1.807) is 32.0 Å². The van der Waals surface area contributed by atoms with Crippen molar-refractivity contribution < 1.29 is 33.3 Å². The molecule has 2 bridgehead atoms. The number of aromatic carboxylic acids is 1. The van der Waals surface area contributed by atoms with Gasteiger partial charge in [0.15, 0.2) is 11.9 Å². The van der Waals surface area contributed by atoms with Crippen LogP contribution in [0.5, 0.6) is 0 Å². The number of rotatable bonds is 4. The quantitative estimate of drug-likeness (QED) is 0.153. The lowest BCUT2D eigenvalue weighted by Crippen LogP contribution is -2.34. The van der Waals surface area contributed by atoms with Crippen LogP contribution >= 0.6 is 11.6 Å². The summed E-state index contributed by atoms with van der Waals surface area (Å²) in [6.07, 6.45) is 1.77. The number of carbonyl (C=O) groups is 3. The number of ether oxygens (including phenoxy) is 1. The number of carboxylic acids is 1. The molecular weight excluding hydrogens is 593 g/mol. The van der Waals surface area contributed by atoms with Crippen LogP contribution in [0.25, 0.3) is 22.4 Å². The third kappa shape index (κ3) is 5.93. The Hall–Kier alpha value is -4.97. The van der Waals surface area contributed by atoms with E-state index in [9.17, 15) is 29.1 Å². The Morgan fingerprint density at radius 1 is 1.20 bits per heavy atom. The van der Waals surface area contributed by atoms with Gasteiger partial charge in [-0.1, -0.05) is 44.0 Å². The fraction of sp³-hybridized carbons (Fsp3) is 0.258. The molecule has 44 heavy (non-hydrogen) atoms. The van der Waals surface area contributed by atoms with E-state index in [4.69, 9.17) is 11.6 Å². The lowest BCUT2D eigenvalue weighted by atomic mass is 9.83. The van der Waals surface area contributed by atoms with Crippen molar-refractivity contribution in [2.75, 3.05) is 17.7 Å². The zero-order valence-corrected chi connectivity index (χ0v) is 24.8. The molecule has 13 heteroatoms. The molecule has 0 spiro atoms. The van der Waals surface area contributed by atoms with E-state index in [0.29, 0.717) is 35.2 Å². The first-order valence-electron chi connectivity index (χ1n) is 13.7. The van der Waals surface area contributed by atoms with Crippen molar-refractivity contribution in [3.63, 3.8) is 0 Å². The highest BCUT2D eigenvalue weighted by molar-refractivity contribution is 6.31. The van der Waals surface area contributed by atoms with Gasteiger partial charge in [-0.05, 0) is 43.2 Å². The van der Waals surface area contributed by atoms with Crippen molar-refractivity contribution in [3.05, 3.63) is 88.0 Å². The SMILES string of the molecule is COC(=O)Nc1ccc2c(c1)NC(=O)C(C)(C)CCC[C@H](c1ccc(-c3cccc(Cl)c3F)c[n+]1[O-])c1nc-2c(C(=O)O)[nH]1. The van der Waals surface area contributed by atoms with Crippen LogP contribution in [-0.2, 0) is 9.53 Å². The van der Waals surface area contributed by atoms with Gasteiger partial charge in [-0.2, -0.15) is 4.73 Å². The zero-order chi connectivity index (χ0) is 31.8. The van der Waals surface area contributed by atoms with Gasteiger partial charge in [0.25, 0.3) is 0 Å². The number of amides is 2. The number of aromatic amines is 1. The Labute approximate surface area is 256 Å². The number of benzene rings is 2. The Morgan fingerprint density at radius 2 is 1.98 bits per heavy atom. The fourth-order valence-corrected chi connectivity index (χ4v) is 5.41. The molecule has 2 amide bonds. The van der Waals surface area contributed by atoms with E-state index in [2.05, 4.69) is 25.3 Å². The molecule has 11 nitrogen and oxygen atoms in total. The van der Waals surface area contributed by atoms with Gasteiger partial charge in [0.1, 0.15) is 23.3 Å². The number of carbonyl (C=O) groups excluding carboxylic acids is 2. The average Bonchev–Trinajstić information content (AvgIpc) is 3.42.